The van der Waals surface area contributed by atoms with E-state index in [1.807, 2.05) is 4.90 Å². The number of benzene rings is 1. The molecule has 1 aromatic heterocycles. The smallest absolute Gasteiger partial charge is 0.229 e. The summed E-state index contributed by atoms with van der Waals surface area (Å²) >= 11 is 1.64. The number of anilines is 1. The highest BCUT2D eigenvalue weighted by Gasteiger charge is 2.51. The third-order valence-electron chi connectivity index (χ3n) is 9.45. The van der Waals surface area contributed by atoms with Gasteiger partial charge < -0.3 is 0 Å². The van der Waals surface area contributed by atoms with Crippen molar-refractivity contribution in [1.82, 2.24) is 4.98 Å². The van der Waals surface area contributed by atoms with Crippen LogP contribution in [0.3, 0.4) is 0 Å². The van der Waals surface area contributed by atoms with Crippen molar-refractivity contribution in [2.45, 2.75) is 96.3 Å². The monoisotopic (exact) mass is 476 g/mol. The maximum atomic E-state index is 13.7. The van der Waals surface area contributed by atoms with Crippen molar-refractivity contribution in [2.24, 2.45) is 23.2 Å². The molecule has 5 aliphatic carbocycles. The van der Waals surface area contributed by atoms with Gasteiger partial charge in [-0.25, -0.2) is 4.98 Å². The molecule has 0 radical (unpaired) electrons. The van der Waals surface area contributed by atoms with E-state index in [0.29, 0.717) is 5.91 Å². The van der Waals surface area contributed by atoms with Gasteiger partial charge in [-0.15, -0.1) is 11.3 Å². The molecule has 1 aromatic carbocycles. The first-order chi connectivity index (χ1) is 16.6. The van der Waals surface area contributed by atoms with Crippen LogP contribution in [0, 0.1) is 23.2 Å². The lowest BCUT2D eigenvalue weighted by Gasteiger charge is -2.56. The molecule has 7 rings (SSSR count). The molecule has 1 heterocycles. The lowest BCUT2D eigenvalue weighted by Crippen LogP contribution is -2.48. The summed E-state index contributed by atoms with van der Waals surface area (Å²) in [6.45, 7) is 2.95. The third-order valence-corrected chi connectivity index (χ3v) is 10.3. The van der Waals surface area contributed by atoms with Crippen molar-refractivity contribution in [3.63, 3.8) is 0 Å². The minimum Gasteiger partial charge on any atom is -0.288 e. The van der Waals surface area contributed by atoms with Crippen LogP contribution in [0.1, 0.15) is 102 Å². The lowest BCUT2D eigenvalue weighted by atomic mass is 9.49. The number of hydrogen-bond donors (Lipinski definition) is 0. The number of nitrogens with zero attached hydrogens (tertiary/aromatic N) is 2. The maximum Gasteiger partial charge on any atom is 0.229 e. The second-order valence-electron chi connectivity index (χ2n) is 12.1. The SMILES string of the molecule is CCCN(C(=O)CC12CC3CC(CC(C3)C1)C2)c1nc(-c2ccc(C3CCCCC3)cc2)cs1. The van der Waals surface area contributed by atoms with Crippen molar-refractivity contribution >= 4 is 22.4 Å². The van der Waals surface area contributed by atoms with Crippen LogP contribution >= 0.6 is 11.3 Å². The van der Waals surface area contributed by atoms with Gasteiger partial charge in [0.2, 0.25) is 5.91 Å². The average Bonchev–Trinajstić information content (AvgIpc) is 3.32. The summed E-state index contributed by atoms with van der Waals surface area (Å²) in [5, 5.41) is 3.04. The minimum absolute atomic E-state index is 0.285. The van der Waals surface area contributed by atoms with Crippen LogP contribution in [-0.2, 0) is 4.79 Å². The molecule has 0 saturated heterocycles. The number of carbonyl (C=O) groups excluding carboxylic acids is 1. The highest BCUT2D eigenvalue weighted by atomic mass is 32.1. The highest BCUT2D eigenvalue weighted by Crippen LogP contribution is 2.61. The van der Waals surface area contributed by atoms with E-state index in [-0.39, 0.29) is 5.41 Å². The van der Waals surface area contributed by atoms with E-state index in [1.165, 1.54) is 81.8 Å². The Kier molecular flexibility index (Phi) is 6.30. The topological polar surface area (TPSA) is 33.2 Å². The molecule has 34 heavy (non-hydrogen) atoms. The molecule has 0 unspecified atom stereocenters. The number of amides is 1. The summed E-state index contributed by atoms with van der Waals surface area (Å²) in [7, 11) is 0. The Morgan fingerprint density at radius 2 is 1.65 bits per heavy atom. The standard InChI is InChI=1S/C30H40N2OS/c1-2-12-32(28(33)19-30-16-21-13-22(17-30)15-23(14-21)18-30)29-31-27(20-34-29)26-10-8-25(9-11-26)24-6-4-3-5-7-24/h8-11,20-24H,2-7,12-19H2,1H3. The van der Waals surface area contributed by atoms with E-state index < -0.39 is 0 Å². The zero-order chi connectivity index (χ0) is 23.1. The van der Waals surface area contributed by atoms with E-state index in [4.69, 9.17) is 4.98 Å². The number of hydrogen-bond acceptors (Lipinski definition) is 3. The molecule has 0 spiro atoms. The number of carbonyl (C=O) groups is 1. The number of rotatable bonds is 7. The molecule has 0 N–H and O–H groups in total. The predicted octanol–water partition coefficient (Wildman–Crippen LogP) is 8.21. The van der Waals surface area contributed by atoms with Gasteiger partial charge in [-0.3, -0.25) is 9.69 Å². The van der Waals surface area contributed by atoms with Gasteiger partial charge in [0.15, 0.2) is 5.13 Å². The van der Waals surface area contributed by atoms with Gasteiger partial charge in [0.05, 0.1) is 5.69 Å². The van der Waals surface area contributed by atoms with E-state index in [1.54, 1.807) is 11.3 Å². The Morgan fingerprint density at radius 3 is 2.26 bits per heavy atom. The van der Waals surface area contributed by atoms with Crippen LogP contribution < -0.4 is 4.90 Å². The lowest BCUT2D eigenvalue weighted by molar-refractivity contribution is -0.126. The summed E-state index contributed by atoms with van der Waals surface area (Å²) < 4.78 is 0. The Balaban J connectivity index is 1.17. The second kappa shape index (κ2) is 9.41. The van der Waals surface area contributed by atoms with Gasteiger partial charge in [0.25, 0.3) is 0 Å². The molecule has 3 nitrogen and oxygen atoms in total. The first-order valence-corrected chi connectivity index (χ1v) is 14.8. The van der Waals surface area contributed by atoms with Gasteiger partial charge in [-0.1, -0.05) is 50.5 Å². The fraction of sp³-hybridized carbons (Fsp3) is 0.667. The Morgan fingerprint density at radius 1 is 1.00 bits per heavy atom. The molecule has 182 valence electrons. The fourth-order valence-corrected chi connectivity index (χ4v) is 9.23. The molecular formula is C30H40N2OS. The molecular weight excluding hydrogens is 436 g/mol. The summed E-state index contributed by atoms with van der Waals surface area (Å²) in [4.78, 5) is 20.7. The Bertz CT molecular complexity index is 968. The van der Waals surface area contributed by atoms with Gasteiger partial charge in [0, 0.05) is 23.9 Å². The van der Waals surface area contributed by atoms with E-state index >= 15 is 0 Å². The first-order valence-electron chi connectivity index (χ1n) is 14.0. The Hall–Kier alpha value is -1.68. The highest BCUT2D eigenvalue weighted by molar-refractivity contribution is 7.14. The van der Waals surface area contributed by atoms with Crippen molar-refractivity contribution in [2.75, 3.05) is 11.4 Å². The normalized spacial score (nSPS) is 30.6. The fourth-order valence-electron chi connectivity index (χ4n) is 8.36. The average molecular weight is 477 g/mol. The quantitative estimate of drug-likeness (QED) is 0.403. The van der Waals surface area contributed by atoms with Crippen LogP contribution in [-0.4, -0.2) is 17.4 Å². The maximum absolute atomic E-state index is 13.7. The molecule has 2 aromatic rings. The van der Waals surface area contributed by atoms with Crippen LogP contribution in [0.2, 0.25) is 0 Å². The molecule has 0 aliphatic heterocycles. The number of thiazole rings is 1. The summed E-state index contributed by atoms with van der Waals surface area (Å²) in [5.41, 5.74) is 3.95. The zero-order valence-electron chi connectivity index (χ0n) is 20.8. The summed E-state index contributed by atoms with van der Waals surface area (Å²) in [6, 6.07) is 9.10. The van der Waals surface area contributed by atoms with Gasteiger partial charge in [0.1, 0.15) is 0 Å². The van der Waals surface area contributed by atoms with E-state index in [2.05, 4.69) is 36.6 Å². The summed E-state index contributed by atoms with van der Waals surface area (Å²) in [5.74, 6) is 3.72. The third kappa shape index (κ3) is 4.47. The van der Waals surface area contributed by atoms with Gasteiger partial charge >= 0.3 is 0 Å². The molecule has 0 atom stereocenters. The second-order valence-corrected chi connectivity index (χ2v) is 12.9. The number of aromatic nitrogens is 1. The molecule has 5 saturated carbocycles. The van der Waals surface area contributed by atoms with E-state index in [0.717, 1.165) is 53.9 Å². The zero-order valence-corrected chi connectivity index (χ0v) is 21.6. The van der Waals surface area contributed by atoms with Gasteiger partial charge in [-0.05, 0) is 92.4 Å². The Labute approximate surface area is 209 Å². The molecule has 4 heteroatoms. The first kappa shape index (κ1) is 22.8. The van der Waals surface area contributed by atoms with Crippen LogP contribution in [0.4, 0.5) is 5.13 Å². The predicted molar refractivity (Wildman–Crippen MR) is 141 cm³/mol. The van der Waals surface area contributed by atoms with Gasteiger partial charge in [-0.2, -0.15) is 0 Å². The van der Waals surface area contributed by atoms with E-state index in [9.17, 15) is 4.79 Å². The summed E-state index contributed by atoms with van der Waals surface area (Å²) in [6.07, 6.45) is 16.7. The minimum atomic E-state index is 0.285. The molecule has 1 amide bonds. The molecule has 5 fully saturated rings. The van der Waals surface area contributed by atoms with Crippen LogP contribution in [0.25, 0.3) is 11.3 Å². The van der Waals surface area contributed by atoms with Crippen LogP contribution in [0.15, 0.2) is 29.6 Å². The largest absolute Gasteiger partial charge is 0.288 e. The molecule has 5 aliphatic rings. The molecule has 4 bridgehead atoms. The van der Waals surface area contributed by atoms with Crippen molar-refractivity contribution in [1.29, 1.82) is 0 Å². The van der Waals surface area contributed by atoms with Crippen molar-refractivity contribution in [3.05, 3.63) is 35.2 Å². The van der Waals surface area contributed by atoms with Crippen molar-refractivity contribution < 1.29 is 4.79 Å². The van der Waals surface area contributed by atoms with Crippen molar-refractivity contribution in [3.8, 4) is 11.3 Å². The van der Waals surface area contributed by atoms with Crippen LogP contribution in [0.5, 0.6) is 0 Å².